The molecule has 1 fully saturated rings. The molecule has 3 aromatic rings. The van der Waals surface area contributed by atoms with Gasteiger partial charge in [0.05, 0.1) is 0 Å². The second-order valence-electron chi connectivity index (χ2n) is 8.73. The van der Waals surface area contributed by atoms with Crippen LogP contribution in [-0.4, -0.2) is 39.2 Å². The topological polar surface area (TPSA) is 82.6 Å². The average molecular weight is 475 g/mol. The highest BCUT2D eigenvalue weighted by molar-refractivity contribution is 6.09. The number of halogens is 1. The molecule has 1 N–H and O–H groups in total. The van der Waals surface area contributed by atoms with Crippen LogP contribution in [0.2, 0.25) is 0 Å². The lowest BCUT2D eigenvalue weighted by Crippen LogP contribution is -2.44. The number of carbonyl (C=O) groups is 3. The summed E-state index contributed by atoms with van der Waals surface area (Å²) in [5.41, 5.74) is 2.02. The number of pyridine rings is 1. The molecule has 1 saturated heterocycles. The maximum Gasteiger partial charge on any atom is 0.325 e. The van der Waals surface area contributed by atoms with E-state index >= 15 is 0 Å². The maximum atomic E-state index is 13.4. The molecule has 0 radical (unpaired) electrons. The highest BCUT2D eigenvalue weighted by atomic mass is 19.1. The first kappa shape index (κ1) is 24.1. The number of nitrogens with one attached hydrogen (secondary N) is 1. The van der Waals surface area contributed by atoms with Crippen molar-refractivity contribution >= 4 is 17.8 Å². The van der Waals surface area contributed by atoms with E-state index in [0.29, 0.717) is 12.1 Å². The number of benzene rings is 2. The van der Waals surface area contributed by atoms with Gasteiger partial charge in [0.1, 0.15) is 17.9 Å². The van der Waals surface area contributed by atoms with Gasteiger partial charge in [0.15, 0.2) is 0 Å². The third-order valence-electron chi connectivity index (χ3n) is 6.24. The van der Waals surface area contributed by atoms with Crippen molar-refractivity contribution < 1.29 is 18.8 Å². The van der Waals surface area contributed by atoms with E-state index in [1.54, 1.807) is 30.3 Å². The molecule has 2 heterocycles. The fraction of sp³-hybridized carbons (Fsp3) is 0.259. The molecule has 4 amide bonds. The predicted molar refractivity (Wildman–Crippen MR) is 128 cm³/mol. The van der Waals surface area contributed by atoms with Gasteiger partial charge in [-0.3, -0.25) is 19.5 Å². The van der Waals surface area contributed by atoms with Crippen LogP contribution >= 0.6 is 0 Å². The minimum Gasteiger partial charge on any atom is -0.332 e. The summed E-state index contributed by atoms with van der Waals surface area (Å²) in [5, 5.41) is 2.66. The van der Waals surface area contributed by atoms with Crippen LogP contribution in [0.15, 0.2) is 73.1 Å². The van der Waals surface area contributed by atoms with Crippen LogP contribution in [0.1, 0.15) is 36.1 Å². The van der Waals surface area contributed by atoms with Gasteiger partial charge in [0.25, 0.3) is 5.91 Å². The van der Waals surface area contributed by atoms with Crippen LogP contribution in [0.3, 0.4) is 0 Å². The zero-order valence-corrected chi connectivity index (χ0v) is 19.7. The van der Waals surface area contributed by atoms with E-state index in [-0.39, 0.29) is 12.5 Å². The van der Waals surface area contributed by atoms with Crippen LogP contribution in [-0.2, 0) is 34.6 Å². The first-order valence-corrected chi connectivity index (χ1v) is 11.4. The smallest absolute Gasteiger partial charge is 0.325 e. The third-order valence-corrected chi connectivity index (χ3v) is 6.24. The molecular weight excluding hydrogens is 447 g/mol. The van der Waals surface area contributed by atoms with Crippen LogP contribution in [0.25, 0.3) is 0 Å². The number of amides is 4. The van der Waals surface area contributed by atoms with E-state index in [9.17, 15) is 18.8 Å². The van der Waals surface area contributed by atoms with E-state index in [0.717, 1.165) is 22.4 Å². The number of aryl methyl sites for hydroxylation is 1. The van der Waals surface area contributed by atoms with Crippen LogP contribution in [0.5, 0.6) is 0 Å². The number of imide groups is 1. The second-order valence-corrected chi connectivity index (χ2v) is 8.73. The van der Waals surface area contributed by atoms with Gasteiger partial charge in [-0.05, 0) is 53.8 Å². The molecule has 180 valence electrons. The molecule has 35 heavy (non-hydrogen) atoms. The number of hydrogen-bond donors (Lipinski definition) is 1. The third kappa shape index (κ3) is 5.21. The fourth-order valence-corrected chi connectivity index (χ4v) is 4.10. The molecule has 1 aromatic heterocycles. The Labute approximate surface area is 203 Å². The molecule has 0 saturated carbocycles. The summed E-state index contributed by atoms with van der Waals surface area (Å²) in [6.45, 7) is 3.81. The summed E-state index contributed by atoms with van der Waals surface area (Å²) in [7, 11) is 0. The van der Waals surface area contributed by atoms with Crippen molar-refractivity contribution in [1.82, 2.24) is 20.1 Å². The molecule has 0 bridgehead atoms. The molecular formula is C27H27FN4O3. The van der Waals surface area contributed by atoms with Gasteiger partial charge in [0, 0.05) is 25.5 Å². The largest absolute Gasteiger partial charge is 0.332 e. The SMILES string of the molecule is CCc1ccc(CN(Cc2cccnc2)C(=O)CN2C(=O)NC(C)(c3ccc(F)cc3)C2=O)cc1. The molecule has 1 unspecified atom stereocenters. The lowest BCUT2D eigenvalue weighted by atomic mass is 9.92. The number of urea groups is 1. The van der Waals surface area contributed by atoms with E-state index in [1.807, 2.05) is 30.3 Å². The van der Waals surface area contributed by atoms with Gasteiger partial charge in [-0.2, -0.15) is 0 Å². The molecule has 1 atom stereocenters. The number of nitrogens with zero attached hydrogens (tertiary/aromatic N) is 3. The Morgan fingerprint density at radius 2 is 1.66 bits per heavy atom. The Bertz CT molecular complexity index is 1220. The number of rotatable bonds is 8. The monoisotopic (exact) mass is 474 g/mol. The predicted octanol–water partition coefficient (Wildman–Crippen LogP) is 3.78. The van der Waals surface area contributed by atoms with Crippen molar-refractivity contribution in [3.63, 3.8) is 0 Å². The van der Waals surface area contributed by atoms with Gasteiger partial charge in [-0.1, -0.05) is 49.4 Å². The van der Waals surface area contributed by atoms with Gasteiger partial charge in [0.2, 0.25) is 5.91 Å². The lowest BCUT2D eigenvalue weighted by Gasteiger charge is -2.26. The van der Waals surface area contributed by atoms with Gasteiger partial charge >= 0.3 is 6.03 Å². The highest BCUT2D eigenvalue weighted by Gasteiger charge is 2.49. The van der Waals surface area contributed by atoms with Crippen molar-refractivity contribution in [2.45, 2.75) is 38.9 Å². The normalized spacial score (nSPS) is 17.4. The Kier molecular flexibility index (Phi) is 6.91. The fourth-order valence-electron chi connectivity index (χ4n) is 4.10. The van der Waals surface area contributed by atoms with Crippen molar-refractivity contribution in [2.24, 2.45) is 0 Å². The minimum atomic E-state index is -1.38. The lowest BCUT2D eigenvalue weighted by molar-refractivity contribution is -0.139. The Balaban J connectivity index is 1.54. The Morgan fingerprint density at radius 3 is 2.29 bits per heavy atom. The zero-order valence-electron chi connectivity index (χ0n) is 19.7. The summed E-state index contributed by atoms with van der Waals surface area (Å²) in [4.78, 5) is 46.0. The molecule has 7 nitrogen and oxygen atoms in total. The first-order chi connectivity index (χ1) is 16.8. The standard InChI is InChI=1S/C27H27FN4O3/c1-3-19-6-8-20(9-7-19)16-31(17-21-5-4-14-29-15-21)24(33)18-32-25(34)27(2,30-26(32)35)22-10-12-23(28)13-11-22/h4-15H,3,16-18H2,1-2H3,(H,30,35). The maximum absolute atomic E-state index is 13.4. The van der Waals surface area contributed by atoms with Crippen molar-refractivity contribution in [2.75, 3.05) is 6.54 Å². The molecule has 4 rings (SSSR count). The molecule has 2 aromatic carbocycles. The summed E-state index contributed by atoms with van der Waals surface area (Å²) in [6.07, 6.45) is 4.25. The van der Waals surface area contributed by atoms with Gasteiger partial charge in [-0.15, -0.1) is 0 Å². The Hall–Kier alpha value is -4.07. The Morgan fingerprint density at radius 1 is 1.00 bits per heavy atom. The van der Waals surface area contributed by atoms with E-state index in [2.05, 4.69) is 17.2 Å². The van der Waals surface area contributed by atoms with E-state index in [4.69, 9.17) is 0 Å². The second kappa shape index (κ2) is 10.0. The average Bonchev–Trinajstić information content (AvgIpc) is 3.08. The van der Waals surface area contributed by atoms with E-state index in [1.165, 1.54) is 29.8 Å². The quantitative estimate of drug-likeness (QED) is 0.504. The molecule has 1 aliphatic heterocycles. The summed E-state index contributed by atoms with van der Waals surface area (Å²) >= 11 is 0. The summed E-state index contributed by atoms with van der Waals surface area (Å²) in [6, 6.07) is 16.3. The molecule has 0 spiro atoms. The number of hydrogen-bond acceptors (Lipinski definition) is 4. The van der Waals surface area contributed by atoms with Crippen LogP contribution < -0.4 is 5.32 Å². The first-order valence-electron chi connectivity index (χ1n) is 11.4. The number of aromatic nitrogens is 1. The van der Waals surface area contributed by atoms with Crippen molar-refractivity contribution in [3.8, 4) is 0 Å². The van der Waals surface area contributed by atoms with E-state index < -0.39 is 29.8 Å². The highest BCUT2D eigenvalue weighted by Crippen LogP contribution is 2.29. The summed E-state index contributed by atoms with van der Waals surface area (Å²) < 4.78 is 13.4. The van der Waals surface area contributed by atoms with Gasteiger partial charge < -0.3 is 10.2 Å². The number of carbonyl (C=O) groups excluding carboxylic acids is 3. The van der Waals surface area contributed by atoms with Crippen LogP contribution in [0.4, 0.5) is 9.18 Å². The molecule has 1 aliphatic rings. The zero-order chi connectivity index (χ0) is 25.0. The molecule has 8 heteroatoms. The summed E-state index contributed by atoms with van der Waals surface area (Å²) in [5.74, 6) is -1.38. The molecule has 0 aliphatic carbocycles. The van der Waals surface area contributed by atoms with Gasteiger partial charge in [-0.25, -0.2) is 9.18 Å². The van der Waals surface area contributed by atoms with Crippen LogP contribution in [0, 0.1) is 5.82 Å². The minimum absolute atomic E-state index is 0.279. The van der Waals surface area contributed by atoms with Crippen molar-refractivity contribution in [3.05, 3.63) is 101 Å². The van der Waals surface area contributed by atoms with Crippen molar-refractivity contribution in [1.29, 1.82) is 0 Å².